The van der Waals surface area contributed by atoms with Gasteiger partial charge in [0.2, 0.25) is 0 Å². The zero-order valence-electron chi connectivity index (χ0n) is 20.4. The smallest absolute Gasteiger partial charge is 0.259 e. The molecule has 1 aliphatic carbocycles. The molecule has 0 spiro atoms. The van der Waals surface area contributed by atoms with Crippen molar-refractivity contribution >= 4 is 16.5 Å². The molecule has 1 aliphatic heterocycles. The molecule has 2 fully saturated rings. The summed E-state index contributed by atoms with van der Waals surface area (Å²) in [6.45, 7) is 5.95. The summed E-state index contributed by atoms with van der Waals surface area (Å²) in [5.74, 6) is 1.34. The second-order valence-corrected chi connectivity index (χ2v) is 9.81. The van der Waals surface area contributed by atoms with Gasteiger partial charge in [0.05, 0.1) is 17.3 Å². The fourth-order valence-corrected chi connectivity index (χ4v) is 5.71. The Bertz CT molecular complexity index is 1420. The maximum absolute atomic E-state index is 14.1. The number of fused-ring (bicyclic) bond motifs is 1. The Morgan fingerprint density at radius 3 is 2.72 bits per heavy atom. The number of hydrogen-bond acceptors (Lipinski definition) is 6. The van der Waals surface area contributed by atoms with Crippen molar-refractivity contribution in [1.29, 1.82) is 0 Å². The highest BCUT2D eigenvalue weighted by molar-refractivity contribution is 5.82. The molecule has 36 heavy (non-hydrogen) atoms. The Kier molecular flexibility index (Phi) is 6.00. The summed E-state index contributed by atoms with van der Waals surface area (Å²) in [7, 11) is 0. The van der Waals surface area contributed by atoms with E-state index >= 15 is 0 Å². The third kappa shape index (κ3) is 4.28. The van der Waals surface area contributed by atoms with Crippen LogP contribution in [-0.2, 0) is 6.42 Å². The third-order valence-electron chi connectivity index (χ3n) is 7.73. The molecule has 186 valence electrons. The lowest BCUT2D eigenvalue weighted by molar-refractivity contribution is 0.186. The molecule has 2 atom stereocenters. The predicted octanol–water partition coefficient (Wildman–Crippen LogP) is 3.87. The summed E-state index contributed by atoms with van der Waals surface area (Å²) in [5, 5.41) is 8.02. The van der Waals surface area contributed by atoms with Gasteiger partial charge in [-0.2, -0.15) is 5.10 Å². The molecule has 2 aliphatic rings. The normalized spacial score (nSPS) is 20.9. The van der Waals surface area contributed by atoms with Crippen LogP contribution in [0.4, 0.5) is 10.1 Å². The number of halogens is 1. The van der Waals surface area contributed by atoms with Crippen molar-refractivity contribution in [2.75, 3.05) is 31.1 Å². The third-order valence-corrected chi connectivity index (χ3v) is 7.73. The molecular weight excluding hydrogens is 457 g/mol. The van der Waals surface area contributed by atoms with Crippen LogP contribution in [0.5, 0.6) is 0 Å². The second-order valence-electron chi connectivity index (χ2n) is 9.81. The van der Waals surface area contributed by atoms with Gasteiger partial charge in [0.15, 0.2) is 5.82 Å². The summed E-state index contributed by atoms with van der Waals surface area (Å²) < 4.78 is 14.1. The maximum Gasteiger partial charge on any atom is 0.259 e. The average molecular weight is 488 g/mol. The van der Waals surface area contributed by atoms with E-state index in [4.69, 9.17) is 0 Å². The van der Waals surface area contributed by atoms with Gasteiger partial charge in [-0.15, -0.1) is 0 Å². The van der Waals surface area contributed by atoms with Crippen LogP contribution in [0.15, 0.2) is 47.4 Å². The minimum Gasteiger partial charge on any atom is -0.368 e. The lowest BCUT2D eigenvalue weighted by atomic mass is 10.00. The molecule has 4 aromatic rings. The highest BCUT2D eigenvalue weighted by Gasteiger charge is 2.32. The van der Waals surface area contributed by atoms with Crippen LogP contribution < -0.4 is 10.5 Å². The molecular formula is C27H30FN7O. The number of aryl methyl sites for hydroxylation is 1. The predicted molar refractivity (Wildman–Crippen MR) is 138 cm³/mol. The van der Waals surface area contributed by atoms with Crippen molar-refractivity contribution in [2.45, 2.75) is 44.6 Å². The van der Waals surface area contributed by atoms with Crippen molar-refractivity contribution in [3.8, 4) is 11.5 Å². The van der Waals surface area contributed by atoms with Crippen LogP contribution in [-0.4, -0.2) is 62.3 Å². The molecule has 1 aromatic carbocycles. The minimum atomic E-state index is -0.462. The number of hydrogen-bond donors (Lipinski definition) is 2. The molecule has 3 aromatic heterocycles. The van der Waals surface area contributed by atoms with Crippen LogP contribution in [0, 0.1) is 5.82 Å². The molecule has 2 N–H and O–H groups in total. The standard InChI is InChI=1S/C27H30FN7O/c1-2-24-31-26(33-32-24)22-9-8-20(16-29-22)35-12-10-34(11-13-35)19-7-6-17(14-19)23-15-18-4-3-5-21(28)25(18)27(36)30-23/h3-5,8-9,15-17,19H,2,6-7,10-14H2,1H3,(H,30,36)(H,31,32,33). The number of nitrogens with zero attached hydrogens (tertiary/aromatic N) is 5. The van der Waals surface area contributed by atoms with Crippen molar-refractivity contribution in [3.05, 3.63) is 70.3 Å². The van der Waals surface area contributed by atoms with Crippen LogP contribution >= 0.6 is 0 Å². The Morgan fingerprint density at radius 1 is 1.11 bits per heavy atom. The molecule has 0 bridgehead atoms. The summed E-state index contributed by atoms with van der Waals surface area (Å²) in [6.07, 6.45) is 5.90. The Morgan fingerprint density at radius 2 is 1.97 bits per heavy atom. The topological polar surface area (TPSA) is 93.8 Å². The van der Waals surface area contributed by atoms with Crippen LogP contribution in [0.1, 0.15) is 43.6 Å². The fraction of sp³-hybridized carbons (Fsp3) is 0.407. The van der Waals surface area contributed by atoms with Gasteiger partial charge in [-0.25, -0.2) is 9.37 Å². The Labute approximate surface area is 208 Å². The van der Waals surface area contributed by atoms with Gasteiger partial charge in [-0.1, -0.05) is 19.1 Å². The molecule has 0 amide bonds. The number of piperazine rings is 1. The summed E-state index contributed by atoms with van der Waals surface area (Å²) in [5.41, 5.74) is 2.50. The largest absolute Gasteiger partial charge is 0.368 e. The summed E-state index contributed by atoms with van der Waals surface area (Å²) >= 11 is 0. The maximum atomic E-state index is 14.1. The molecule has 2 unspecified atom stereocenters. The summed E-state index contributed by atoms with van der Waals surface area (Å²) in [4.78, 5) is 29.5. The number of H-pyrrole nitrogens is 2. The number of rotatable bonds is 5. The fourth-order valence-electron chi connectivity index (χ4n) is 5.71. The lowest BCUT2D eigenvalue weighted by Crippen LogP contribution is -2.49. The molecule has 9 heteroatoms. The molecule has 8 nitrogen and oxygen atoms in total. The molecule has 1 saturated heterocycles. The number of anilines is 1. The van der Waals surface area contributed by atoms with Crippen molar-refractivity contribution in [2.24, 2.45) is 0 Å². The number of nitrogens with one attached hydrogen (secondary N) is 2. The number of pyridine rings is 2. The first-order chi connectivity index (χ1) is 17.6. The first-order valence-electron chi connectivity index (χ1n) is 12.8. The molecule has 1 saturated carbocycles. The van der Waals surface area contributed by atoms with Crippen molar-refractivity contribution in [1.82, 2.24) is 30.0 Å². The second kappa shape index (κ2) is 9.46. The first-order valence-corrected chi connectivity index (χ1v) is 12.8. The number of benzene rings is 1. The SMILES string of the molecule is CCc1nc(-c2ccc(N3CCN(C4CCC(c5cc6cccc(F)c6c(=O)[nH]5)C4)CC3)cn2)n[nH]1. The van der Waals surface area contributed by atoms with E-state index in [0.717, 1.165) is 74.8 Å². The minimum absolute atomic E-state index is 0.153. The molecule has 0 radical (unpaired) electrons. The van der Waals surface area contributed by atoms with Gasteiger partial charge >= 0.3 is 0 Å². The van der Waals surface area contributed by atoms with Gasteiger partial charge in [-0.3, -0.25) is 19.8 Å². The quantitative estimate of drug-likeness (QED) is 0.444. The molecule has 6 rings (SSSR count). The highest BCUT2D eigenvalue weighted by Crippen LogP contribution is 2.37. The van der Waals surface area contributed by atoms with Gasteiger partial charge in [0, 0.05) is 50.3 Å². The zero-order valence-corrected chi connectivity index (χ0v) is 20.4. The lowest BCUT2D eigenvalue weighted by Gasteiger charge is -2.39. The number of aromatic amines is 2. The van der Waals surface area contributed by atoms with Crippen molar-refractivity contribution < 1.29 is 4.39 Å². The monoisotopic (exact) mass is 487 g/mol. The van der Waals surface area contributed by atoms with E-state index in [1.165, 1.54) is 6.07 Å². The van der Waals surface area contributed by atoms with E-state index in [1.807, 2.05) is 31.3 Å². The first kappa shape index (κ1) is 22.8. The highest BCUT2D eigenvalue weighted by atomic mass is 19.1. The Balaban J connectivity index is 1.07. The van der Waals surface area contributed by atoms with E-state index in [2.05, 4.69) is 41.0 Å². The van der Waals surface area contributed by atoms with Gasteiger partial charge in [0.1, 0.15) is 17.3 Å². The van der Waals surface area contributed by atoms with E-state index in [0.29, 0.717) is 23.2 Å². The van der Waals surface area contributed by atoms with Gasteiger partial charge in [-0.05, 0) is 48.9 Å². The number of aromatic nitrogens is 5. The zero-order chi connectivity index (χ0) is 24.6. The van der Waals surface area contributed by atoms with Gasteiger partial charge in [0.25, 0.3) is 5.56 Å². The van der Waals surface area contributed by atoms with E-state index < -0.39 is 5.82 Å². The van der Waals surface area contributed by atoms with Crippen molar-refractivity contribution in [3.63, 3.8) is 0 Å². The van der Waals surface area contributed by atoms with Crippen LogP contribution in [0.2, 0.25) is 0 Å². The molecule has 4 heterocycles. The van der Waals surface area contributed by atoms with E-state index in [1.54, 1.807) is 6.07 Å². The summed E-state index contributed by atoms with van der Waals surface area (Å²) in [6, 6.07) is 11.4. The van der Waals surface area contributed by atoms with Crippen LogP contribution in [0.3, 0.4) is 0 Å². The van der Waals surface area contributed by atoms with Crippen LogP contribution in [0.25, 0.3) is 22.3 Å². The Hall–Kier alpha value is -3.59. The van der Waals surface area contributed by atoms with Gasteiger partial charge < -0.3 is 9.88 Å². The average Bonchev–Trinajstić information content (AvgIpc) is 3.59. The van der Waals surface area contributed by atoms with E-state index in [9.17, 15) is 9.18 Å². The van der Waals surface area contributed by atoms with E-state index in [-0.39, 0.29) is 10.9 Å².